The molecule has 5 aromatic rings. The Morgan fingerprint density at radius 2 is 1.57 bits per heavy atom. The molecule has 2 aromatic heterocycles. The summed E-state index contributed by atoms with van der Waals surface area (Å²) in [6, 6.07) is 25.2. The molecule has 4 nitrogen and oxygen atoms in total. The van der Waals surface area contributed by atoms with Crippen molar-refractivity contribution in [2.45, 2.75) is 26.6 Å². The van der Waals surface area contributed by atoms with Gasteiger partial charge in [0.15, 0.2) is 11.3 Å². The van der Waals surface area contributed by atoms with E-state index in [0.29, 0.717) is 29.2 Å². The molecule has 0 saturated heterocycles. The summed E-state index contributed by atoms with van der Waals surface area (Å²) in [6.07, 6.45) is -4.60. The topological polar surface area (TPSA) is 39.4 Å². The lowest BCUT2D eigenvalue weighted by Crippen LogP contribution is -2.13. The largest absolute Gasteiger partial charge is 0.489 e. The minimum absolute atomic E-state index is 0.165. The highest BCUT2D eigenvalue weighted by molar-refractivity contribution is 5.81. The zero-order valence-corrected chi connectivity index (χ0v) is 19.2. The Kier molecular flexibility index (Phi) is 5.76. The normalized spacial score (nSPS) is 11.7. The molecule has 7 heteroatoms. The first-order chi connectivity index (χ1) is 16.8. The van der Waals surface area contributed by atoms with Crippen LogP contribution in [0, 0.1) is 13.8 Å². The first kappa shape index (κ1) is 22.7. The van der Waals surface area contributed by atoms with Crippen LogP contribution in [-0.2, 0) is 12.8 Å². The first-order valence-corrected chi connectivity index (χ1v) is 11.1. The van der Waals surface area contributed by atoms with Crippen LogP contribution in [0.4, 0.5) is 13.2 Å². The van der Waals surface area contributed by atoms with Crippen LogP contribution in [0.1, 0.15) is 22.5 Å². The Balaban J connectivity index is 1.53. The zero-order valence-electron chi connectivity index (χ0n) is 19.2. The Bertz CT molecular complexity index is 1490. The van der Waals surface area contributed by atoms with E-state index in [1.807, 2.05) is 61.5 Å². The number of hydrogen-bond acceptors (Lipinski definition) is 3. The predicted molar refractivity (Wildman–Crippen MR) is 129 cm³/mol. The molecule has 2 heterocycles. The van der Waals surface area contributed by atoms with Gasteiger partial charge in [0.1, 0.15) is 12.4 Å². The van der Waals surface area contributed by atoms with Crippen LogP contribution >= 0.6 is 0 Å². The molecule has 0 aliphatic carbocycles. The molecule has 0 fully saturated rings. The summed E-state index contributed by atoms with van der Waals surface area (Å²) in [5.74, 6) is 0.623. The second-order valence-corrected chi connectivity index (χ2v) is 8.39. The van der Waals surface area contributed by atoms with Crippen molar-refractivity contribution in [1.82, 2.24) is 14.6 Å². The van der Waals surface area contributed by atoms with E-state index in [9.17, 15) is 13.2 Å². The van der Waals surface area contributed by atoms with Gasteiger partial charge in [0, 0.05) is 11.1 Å². The van der Waals surface area contributed by atoms with Crippen LogP contribution in [0.2, 0.25) is 0 Å². The van der Waals surface area contributed by atoms with Crippen LogP contribution in [-0.4, -0.2) is 14.6 Å². The SMILES string of the molecule is Cc1cccc(COc2ccc(-c3cc(C(F)(F)F)n4nc(C)c(-c5ccccc5)c4n3)cc2)c1. The maximum atomic E-state index is 14.0. The van der Waals surface area contributed by atoms with Gasteiger partial charge >= 0.3 is 6.18 Å². The van der Waals surface area contributed by atoms with Crippen LogP contribution in [0.15, 0.2) is 84.9 Å². The number of fused-ring (bicyclic) bond motifs is 1. The fourth-order valence-electron chi connectivity index (χ4n) is 4.11. The highest BCUT2D eigenvalue weighted by atomic mass is 19.4. The second-order valence-electron chi connectivity index (χ2n) is 8.39. The van der Waals surface area contributed by atoms with Gasteiger partial charge in [-0.15, -0.1) is 0 Å². The standard InChI is InChI=1S/C28H22F3N3O/c1-18-7-6-8-20(15-18)17-35-23-13-11-21(12-14-23)24-16-25(28(29,30)31)34-27(32-24)26(19(2)33-34)22-9-4-3-5-10-22/h3-16H,17H2,1-2H3. The maximum Gasteiger partial charge on any atom is 0.433 e. The number of ether oxygens (including phenoxy) is 1. The third-order valence-electron chi connectivity index (χ3n) is 5.75. The summed E-state index contributed by atoms with van der Waals surface area (Å²) >= 11 is 0. The van der Waals surface area contributed by atoms with Gasteiger partial charge in [-0.1, -0.05) is 60.2 Å². The fourth-order valence-corrected chi connectivity index (χ4v) is 4.11. The summed E-state index contributed by atoms with van der Waals surface area (Å²) < 4.78 is 48.7. The molecule has 0 atom stereocenters. The number of halogens is 3. The van der Waals surface area contributed by atoms with E-state index in [1.165, 1.54) is 0 Å². The highest BCUT2D eigenvalue weighted by Gasteiger charge is 2.36. The zero-order chi connectivity index (χ0) is 24.6. The second kappa shape index (κ2) is 8.91. The number of aromatic nitrogens is 3. The molecular weight excluding hydrogens is 451 g/mol. The Morgan fingerprint density at radius 1 is 0.829 bits per heavy atom. The first-order valence-electron chi connectivity index (χ1n) is 11.1. The molecule has 0 unspecified atom stereocenters. The van der Waals surface area contributed by atoms with E-state index in [-0.39, 0.29) is 11.3 Å². The number of hydrogen-bond donors (Lipinski definition) is 0. The summed E-state index contributed by atoms with van der Waals surface area (Å²) in [5, 5.41) is 4.18. The summed E-state index contributed by atoms with van der Waals surface area (Å²) in [5.41, 5.74) is 4.07. The third-order valence-corrected chi connectivity index (χ3v) is 5.75. The minimum Gasteiger partial charge on any atom is -0.489 e. The average molecular weight is 473 g/mol. The lowest BCUT2D eigenvalue weighted by Gasteiger charge is -2.12. The Hall–Kier alpha value is -4.13. The van der Waals surface area contributed by atoms with Gasteiger partial charge < -0.3 is 4.74 Å². The number of alkyl halides is 3. The molecule has 0 bridgehead atoms. The summed E-state index contributed by atoms with van der Waals surface area (Å²) in [7, 11) is 0. The number of rotatable bonds is 5. The molecule has 0 radical (unpaired) electrons. The van der Waals surface area contributed by atoms with E-state index in [2.05, 4.69) is 10.1 Å². The predicted octanol–water partition coefficient (Wildman–Crippen LogP) is 7.28. The monoisotopic (exact) mass is 473 g/mol. The molecule has 35 heavy (non-hydrogen) atoms. The Morgan fingerprint density at radius 3 is 2.26 bits per heavy atom. The van der Waals surface area contributed by atoms with Crippen LogP contribution in [0.5, 0.6) is 5.75 Å². The van der Waals surface area contributed by atoms with Crippen molar-refractivity contribution >= 4 is 5.65 Å². The van der Waals surface area contributed by atoms with Gasteiger partial charge in [0.05, 0.1) is 11.4 Å². The van der Waals surface area contributed by atoms with Gasteiger partial charge in [-0.3, -0.25) is 0 Å². The van der Waals surface area contributed by atoms with Crippen molar-refractivity contribution in [2.24, 2.45) is 0 Å². The van der Waals surface area contributed by atoms with Crippen LogP contribution in [0.25, 0.3) is 28.0 Å². The van der Waals surface area contributed by atoms with Crippen molar-refractivity contribution in [1.29, 1.82) is 0 Å². The number of aryl methyl sites for hydroxylation is 2. The molecule has 176 valence electrons. The third kappa shape index (κ3) is 4.62. The molecule has 0 N–H and O–H groups in total. The van der Waals surface area contributed by atoms with Crippen molar-refractivity contribution in [3.63, 3.8) is 0 Å². The van der Waals surface area contributed by atoms with Crippen molar-refractivity contribution in [3.8, 4) is 28.1 Å². The van der Waals surface area contributed by atoms with Gasteiger partial charge in [-0.05, 0) is 55.3 Å². The van der Waals surface area contributed by atoms with E-state index >= 15 is 0 Å². The molecule has 0 aliphatic heterocycles. The average Bonchev–Trinajstić information content (AvgIpc) is 3.18. The lowest BCUT2D eigenvalue weighted by molar-refractivity contribution is -0.142. The van der Waals surface area contributed by atoms with Crippen LogP contribution in [0.3, 0.4) is 0 Å². The molecular formula is C28H22F3N3O. The molecule has 0 saturated carbocycles. The Labute approximate surface area is 200 Å². The molecule has 0 amide bonds. The molecule has 0 spiro atoms. The van der Waals surface area contributed by atoms with Crippen molar-refractivity contribution in [3.05, 3.63) is 107 Å². The maximum absolute atomic E-state index is 14.0. The summed E-state index contributed by atoms with van der Waals surface area (Å²) in [6.45, 7) is 4.11. The number of nitrogens with zero attached hydrogens (tertiary/aromatic N) is 3. The fraction of sp³-hybridized carbons (Fsp3) is 0.143. The molecule has 0 aliphatic rings. The van der Waals surface area contributed by atoms with Gasteiger partial charge in [0.2, 0.25) is 0 Å². The van der Waals surface area contributed by atoms with E-state index in [4.69, 9.17) is 4.74 Å². The number of benzene rings is 3. The quantitative estimate of drug-likeness (QED) is 0.269. The lowest BCUT2D eigenvalue weighted by atomic mass is 10.1. The van der Waals surface area contributed by atoms with Crippen molar-refractivity contribution in [2.75, 3.05) is 0 Å². The van der Waals surface area contributed by atoms with Gasteiger partial charge in [-0.2, -0.15) is 18.3 Å². The van der Waals surface area contributed by atoms with Crippen molar-refractivity contribution < 1.29 is 17.9 Å². The summed E-state index contributed by atoms with van der Waals surface area (Å²) in [4.78, 5) is 4.61. The minimum atomic E-state index is -4.60. The van der Waals surface area contributed by atoms with E-state index in [1.54, 1.807) is 31.2 Å². The van der Waals surface area contributed by atoms with Crippen LogP contribution < -0.4 is 4.74 Å². The van der Waals surface area contributed by atoms with Gasteiger partial charge in [-0.25, -0.2) is 9.50 Å². The van der Waals surface area contributed by atoms with E-state index in [0.717, 1.165) is 27.3 Å². The van der Waals surface area contributed by atoms with E-state index < -0.39 is 11.9 Å². The smallest absolute Gasteiger partial charge is 0.433 e. The molecule has 5 rings (SSSR count). The van der Waals surface area contributed by atoms with Gasteiger partial charge in [0.25, 0.3) is 0 Å². The highest BCUT2D eigenvalue weighted by Crippen LogP contribution is 2.36. The molecule has 3 aromatic carbocycles.